The molecular formula is C16H27N3OS. The van der Waals surface area contributed by atoms with Gasteiger partial charge >= 0.3 is 0 Å². The summed E-state index contributed by atoms with van der Waals surface area (Å²) in [5.41, 5.74) is 0. The van der Waals surface area contributed by atoms with Gasteiger partial charge in [0, 0.05) is 49.6 Å². The van der Waals surface area contributed by atoms with E-state index < -0.39 is 0 Å². The summed E-state index contributed by atoms with van der Waals surface area (Å²) in [6, 6.07) is 0.417. The predicted octanol–water partition coefficient (Wildman–Crippen LogP) is 3.14. The molecule has 2 rings (SSSR count). The van der Waals surface area contributed by atoms with Gasteiger partial charge in [-0.25, -0.2) is 4.98 Å². The van der Waals surface area contributed by atoms with E-state index in [4.69, 9.17) is 0 Å². The molecule has 0 N–H and O–H groups in total. The van der Waals surface area contributed by atoms with Crippen LogP contribution in [0.15, 0.2) is 12.4 Å². The Labute approximate surface area is 132 Å². The van der Waals surface area contributed by atoms with Crippen molar-refractivity contribution < 1.29 is 4.79 Å². The molecule has 0 radical (unpaired) electrons. The molecule has 21 heavy (non-hydrogen) atoms. The summed E-state index contributed by atoms with van der Waals surface area (Å²) in [5, 5.41) is 0.610. The maximum Gasteiger partial charge on any atom is 0.224 e. The predicted molar refractivity (Wildman–Crippen MR) is 88.6 cm³/mol. The van der Waals surface area contributed by atoms with E-state index >= 15 is 0 Å². The quantitative estimate of drug-likeness (QED) is 0.810. The molecule has 118 valence electrons. The minimum Gasteiger partial charge on any atom is -0.342 e. The Bertz CT molecular complexity index is 472. The highest BCUT2D eigenvalue weighted by Gasteiger charge is 2.31. The molecule has 0 aromatic carbocycles. The number of rotatable bonds is 6. The highest BCUT2D eigenvalue weighted by Crippen LogP contribution is 2.31. The minimum atomic E-state index is 0.254. The van der Waals surface area contributed by atoms with Crippen LogP contribution in [0.4, 0.5) is 0 Å². The molecule has 1 aromatic rings. The maximum atomic E-state index is 12.5. The molecule has 1 aromatic heterocycles. The molecular weight excluding hydrogens is 282 g/mol. The third-order valence-corrected chi connectivity index (χ3v) is 5.60. The molecule has 0 unspecified atom stereocenters. The lowest BCUT2D eigenvalue weighted by Crippen LogP contribution is -2.40. The number of carbonyl (C=O) groups is 1. The van der Waals surface area contributed by atoms with Crippen LogP contribution in [0.2, 0.25) is 0 Å². The topological polar surface area (TPSA) is 38.1 Å². The van der Waals surface area contributed by atoms with Gasteiger partial charge in [0.1, 0.15) is 5.82 Å². The molecule has 1 amide bonds. The van der Waals surface area contributed by atoms with Crippen molar-refractivity contribution in [1.29, 1.82) is 0 Å². The zero-order chi connectivity index (χ0) is 15.4. The maximum absolute atomic E-state index is 12.5. The van der Waals surface area contributed by atoms with Crippen molar-refractivity contribution in [3.63, 3.8) is 0 Å². The van der Waals surface area contributed by atoms with Crippen LogP contribution in [0.5, 0.6) is 0 Å². The molecule has 0 saturated heterocycles. The average Bonchev–Trinajstić information content (AvgIpc) is 3.11. The fourth-order valence-corrected chi connectivity index (χ4v) is 4.25. The molecule has 1 aliphatic carbocycles. The largest absolute Gasteiger partial charge is 0.342 e. The van der Waals surface area contributed by atoms with Crippen molar-refractivity contribution in [2.45, 2.75) is 63.3 Å². The number of hydrogen-bond donors (Lipinski definition) is 0. The number of amides is 1. The van der Waals surface area contributed by atoms with Crippen molar-refractivity contribution in [1.82, 2.24) is 14.5 Å². The van der Waals surface area contributed by atoms with Gasteiger partial charge in [0.25, 0.3) is 0 Å². The average molecular weight is 309 g/mol. The lowest BCUT2D eigenvalue weighted by Gasteiger charge is -2.29. The van der Waals surface area contributed by atoms with Crippen molar-refractivity contribution in [2.24, 2.45) is 0 Å². The van der Waals surface area contributed by atoms with E-state index in [0.717, 1.165) is 18.8 Å². The van der Waals surface area contributed by atoms with E-state index in [1.54, 1.807) is 0 Å². The van der Waals surface area contributed by atoms with Gasteiger partial charge in [0.05, 0.1) is 0 Å². The van der Waals surface area contributed by atoms with Gasteiger partial charge < -0.3 is 9.47 Å². The van der Waals surface area contributed by atoms with Crippen LogP contribution in [0.1, 0.15) is 51.3 Å². The molecule has 1 saturated carbocycles. The summed E-state index contributed by atoms with van der Waals surface area (Å²) >= 11 is 1.90. The van der Waals surface area contributed by atoms with Gasteiger partial charge in [0.2, 0.25) is 5.91 Å². The van der Waals surface area contributed by atoms with Crippen LogP contribution in [-0.4, -0.2) is 45.0 Å². The standard InChI is InChI=1S/C16H27N3OS/c1-12(2)16-17-9-11-19(16)10-8-15(20)18(3)13-6-5-7-14(13)21-4/h9,11-14H,5-8,10H2,1-4H3/t13-,14+/m0/s1. The molecule has 4 nitrogen and oxygen atoms in total. The number of thioether (sulfide) groups is 1. The van der Waals surface area contributed by atoms with Crippen LogP contribution in [0.25, 0.3) is 0 Å². The Balaban J connectivity index is 1.90. The Morgan fingerprint density at radius 1 is 1.52 bits per heavy atom. The number of imidazole rings is 1. The van der Waals surface area contributed by atoms with Crippen molar-refractivity contribution in [3.8, 4) is 0 Å². The highest BCUT2D eigenvalue weighted by atomic mass is 32.2. The number of aryl methyl sites for hydroxylation is 1. The van der Waals surface area contributed by atoms with Crippen molar-refractivity contribution in [2.75, 3.05) is 13.3 Å². The summed E-state index contributed by atoms with van der Waals surface area (Å²) in [6.07, 6.45) is 10.1. The van der Waals surface area contributed by atoms with E-state index in [1.807, 2.05) is 36.1 Å². The molecule has 5 heteroatoms. The monoisotopic (exact) mass is 309 g/mol. The van der Waals surface area contributed by atoms with Gasteiger partial charge in [-0.1, -0.05) is 20.3 Å². The van der Waals surface area contributed by atoms with Crippen LogP contribution in [-0.2, 0) is 11.3 Å². The molecule has 0 bridgehead atoms. The zero-order valence-corrected chi connectivity index (χ0v) is 14.4. The first-order chi connectivity index (χ1) is 10.0. The van der Waals surface area contributed by atoms with E-state index in [9.17, 15) is 4.79 Å². The van der Waals surface area contributed by atoms with E-state index in [2.05, 4.69) is 29.7 Å². The minimum absolute atomic E-state index is 0.254. The zero-order valence-electron chi connectivity index (χ0n) is 13.6. The number of nitrogens with zero attached hydrogens (tertiary/aromatic N) is 3. The van der Waals surface area contributed by atoms with Gasteiger partial charge in [0.15, 0.2) is 0 Å². The summed E-state index contributed by atoms with van der Waals surface area (Å²) in [7, 11) is 1.97. The van der Waals surface area contributed by atoms with Gasteiger partial charge in [-0.05, 0) is 19.1 Å². The fraction of sp³-hybridized carbons (Fsp3) is 0.750. The Morgan fingerprint density at radius 3 is 2.95 bits per heavy atom. The van der Waals surface area contributed by atoms with E-state index in [0.29, 0.717) is 23.6 Å². The second kappa shape index (κ2) is 7.34. The molecule has 0 aliphatic heterocycles. The third kappa shape index (κ3) is 3.82. The molecule has 1 heterocycles. The van der Waals surface area contributed by atoms with Gasteiger partial charge in [-0.3, -0.25) is 4.79 Å². The molecule has 1 aliphatic rings. The summed E-state index contributed by atoms with van der Waals surface area (Å²) in [4.78, 5) is 18.8. The smallest absolute Gasteiger partial charge is 0.224 e. The molecule has 0 spiro atoms. The third-order valence-electron chi connectivity index (χ3n) is 4.44. The first-order valence-electron chi connectivity index (χ1n) is 7.84. The van der Waals surface area contributed by atoms with E-state index in [1.165, 1.54) is 12.8 Å². The lowest BCUT2D eigenvalue weighted by atomic mass is 10.2. The Hall–Kier alpha value is -0.970. The number of carbonyl (C=O) groups excluding carboxylic acids is 1. The van der Waals surface area contributed by atoms with Gasteiger partial charge in [-0.15, -0.1) is 0 Å². The highest BCUT2D eigenvalue weighted by molar-refractivity contribution is 7.99. The van der Waals surface area contributed by atoms with Gasteiger partial charge in [-0.2, -0.15) is 11.8 Å². The van der Waals surface area contributed by atoms with Crippen molar-refractivity contribution >= 4 is 17.7 Å². The summed E-state index contributed by atoms with van der Waals surface area (Å²) in [5.74, 6) is 1.71. The van der Waals surface area contributed by atoms with Crippen LogP contribution in [0.3, 0.4) is 0 Å². The first kappa shape index (κ1) is 16.4. The normalized spacial score (nSPS) is 22.0. The summed E-state index contributed by atoms with van der Waals surface area (Å²) < 4.78 is 2.11. The molecule has 2 atom stereocenters. The van der Waals surface area contributed by atoms with E-state index in [-0.39, 0.29) is 5.91 Å². The SMILES string of the molecule is CS[C@@H]1CCC[C@@H]1N(C)C(=O)CCn1ccnc1C(C)C. The van der Waals surface area contributed by atoms with Crippen LogP contribution >= 0.6 is 11.8 Å². The number of aromatic nitrogens is 2. The molecule has 1 fully saturated rings. The summed E-state index contributed by atoms with van der Waals surface area (Å²) in [6.45, 7) is 5.00. The lowest BCUT2D eigenvalue weighted by molar-refractivity contribution is -0.132. The number of hydrogen-bond acceptors (Lipinski definition) is 3. The second-order valence-corrected chi connectivity index (χ2v) is 7.24. The van der Waals surface area contributed by atoms with Crippen molar-refractivity contribution in [3.05, 3.63) is 18.2 Å². The first-order valence-corrected chi connectivity index (χ1v) is 9.12. The second-order valence-electron chi connectivity index (χ2n) is 6.16. The fourth-order valence-electron chi connectivity index (χ4n) is 3.21. The Morgan fingerprint density at radius 2 is 2.29 bits per heavy atom. The van der Waals surface area contributed by atoms with Crippen LogP contribution < -0.4 is 0 Å². The van der Waals surface area contributed by atoms with Crippen LogP contribution in [0, 0.1) is 0 Å². The Kier molecular flexibility index (Phi) is 5.73.